The topological polar surface area (TPSA) is 63.7 Å². The number of fused-ring (bicyclic) bond motifs is 1. The molecule has 2 heterocycles. The van der Waals surface area contributed by atoms with Gasteiger partial charge in [-0.2, -0.15) is 0 Å². The number of imide groups is 1. The highest BCUT2D eigenvalue weighted by Gasteiger charge is 2.62. The number of hydrogen-bond donors (Lipinski definition) is 0. The number of anilines is 1. The molecule has 0 unspecified atom stereocenters. The number of benzene rings is 3. The van der Waals surface area contributed by atoms with Gasteiger partial charge in [0.2, 0.25) is 11.8 Å². The normalized spacial score (nSPS) is 22.9. The first-order valence-corrected chi connectivity index (χ1v) is 9.91. The largest absolute Gasteiger partial charge is 0.425 e. The standard InChI is InChI=1S/C24H16ClNO4/c25-16-9-6-10-17(13-16)26-21(27)14-19(22(26)28)24(15-7-2-1-3-8-15)18-11-4-5-12-20(18)30-23(24)29/h1-13,19H,14H2/t19-,24+/m1/s1. The fourth-order valence-electron chi connectivity index (χ4n) is 4.53. The summed E-state index contributed by atoms with van der Waals surface area (Å²) >= 11 is 6.07. The lowest BCUT2D eigenvalue weighted by Crippen LogP contribution is -2.46. The Bertz CT molecular complexity index is 1190. The summed E-state index contributed by atoms with van der Waals surface area (Å²) in [4.78, 5) is 41.1. The Hall–Kier alpha value is -3.44. The van der Waals surface area contributed by atoms with Crippen LogP contribution in [0.2, 0.25) is 5.02 Å². The Kier molecular flexibility index (Phi) is 4.22. The summed E-state index contributed by atoms with van der Waals surface area (Å²) in [7, 11) is 0. The summed E-state index contributed by atoms with van der Waals surface area (Å²) in [5, 5.41) is 0.417. The highest BCUT2D eigenvalue weighted by atomic mass is 35.5. The number of para-hydroxylation sites is 1. The zero-order chi connectivity index (χ0) is 20.9. The SMILES string of the molecule is O=C1C[C@@H]([C@@]2(c3ccccc3)C(=O)Oc3ccccc32)C(=O)N1c1cccc(Cl)c1. The lowest BCUT2D eigenvalue weighted by molar-refractivity contribution is -0.141. The molecule has 30 heavy (non-hydrogen) atoms. The molecular formula is C24H16ClNO4. The van der Waals surface area contributed by atoms with Crippen molar-refractivity contribution in [3.05, 3.63) is 95.0 Å². The molecule has 3 aromatic rings. The van der Waals surface area contributed by atoms with Gasteiger partial charge >= 0.3 is 5.97 Å². The summed E-state index contributed by atoms with van der Waals surface area (Å²) in [6, 6.07) is 22.7. The number of ether oxygens (including phenoxy) is 1. The average Bonchev–Trinajstić information content (AvgIpc) is 3.21. The van der Waals surface area contributed by atoms with E-state index in [-0.39, 0.29) is 12.3 Å². The summed E-state index contributed by atoms with van der Waals surface area (Å²) in [5.41, 5.74) is 0.222. The van der Waals surface area contributed by atoms with E-state index in [0.717, 1.165) is 4.90 Å². The van der Waals surface area contributed by atoms with Crippen LogP contribution < -0.4 is 9.64 Å². The highest BCUT2D eigenvalue weighted by molar-refractivity contribution is 6.31. The van der Waals surface area contributed by atoms with Gasteiger partial charge in [-0.1, -0.05) is 66.2 Å². The fourth-order valence-corrected chi connectivity index (χ4v) is 4.72. The van der Waals surface area contributed by atoms with Crippen molar-refractivity contribution in [2.24, 2.45) is 5.92 Å². The molecular weight excluding hydrogens is 402 g/mol. The zero-order valence-electron chi connectivity index (χ0n) is 15.7. The molecule has 0 saturated carbocycles. The van der Waals surface area contributed by atoms with Gasteiger partial charge in [-0.3, -0.25) is 19.3 Å². The van der Waals surface area contributed by atoms with E-state index in [0.29, 0.717) is 27.6 Å². The van der Waals surface area contributed by atoms with Crippen LogP contribution in [0.3, 0.4) is 0 Å². The van der Waals surface area contributed by atoms with Crippen LogP contribution in [0.1, 0.15) is 17.5 Å². The van der Waals surface area contributed by atoms with Gasteiger partial charge in [-0.15, -0.1) is 0 Å². The van der Waals surface area contributed by atoms with Crippen molar-refractivity contribution >= 4 is 35.1 Å². The Morgan fingerprint density at radius 1 is 0.900 bits per heavy atom. The fraction of sp³-hybridized carbons (Fsp3) is 0.125. The minimum Gasteiger partial charge on any atom is -0.425 e. The maximum atomic E-state index is 13.6. The molecule has 2 aliphatic heterocycles. The van der Waals surface area contributed by atoms with Crippen molar-refractivity contribution in [2.45, 2.75) is 11.8 Å². The molecule has 3 aromatic carbocycles. The number of hydrogen-bond acceptors (Lipinski definition) is 4. The van der Waals surface area contributed by atoms with Gasteiger partial charge in [-0.25, -0.2) is 0 Å². The maximum Gasteiger partial charge on any atom is 0.327 e. The molecule has 1 fully saturated rings. The van der Waals surface area contributed by atoms with Crippen LogP contribution in [0, 0.1) is 5.92 Å². The van der Waals surface area contributed by atoms with Crippen LogP contribution in [0.15, 0.2) is 78.9 Å². The monoisotopic (exact) mass is 417 g/mol. The van der Waals surface area contributed by atoms with Crippen molar-refractivity contribution < 1.29 is 19.1 Å². The van der Waals surface area contributed by atoms with Crippen LogP contribution >= 0.6 is 11.6 Å². The summed E-state index contributed by atoms with van der Waals surface area (Å²) in [5.74, 6) is -1.89. The second kappa shape index (κ2) is 6.82. The van der Waals surface area contributed by atoms with E-state index in [1.54, 1.807) is 72.8 Å². The van der Waals surface area contributed by atoms with E-state index in [9.17, 15) is 14.4 Å². The molecule has 148 valence electrons. The van der Waals surface area contributed by atoms with Crippen LogP contribution in [0.25, 0.3) is 0 Å². The first kappa shape index (κ1) is 18.6. The molecule has 1 saturated heterocycles. The van der Waals surface area contributed by atoms with Crippen molar-refractivity contribution in [3.63, 3.8) is 0 Å². The zero-order valence-corrected chi connectivity index (χ0v) is 16.5. The van der Waals surface area contributed by atoms with Gasteiger partial charge < -0.3 is 4.74 Å². The van der Waals surface area contributed by atoms with Crippen molar-refractivity contribution in [2.75, 3.05) is 4.90 Å². The van der Waals surface area contributed by atoms with Crippen molar-refractivity contribution in [3.8, 4) is 5.75 Å². The molecule has 6 heteroatoms. The van der Waals surface area contributed by atoms with Gasteiger partial charge in [-0.05, 0) is 29.8 Å². The predicted octanol–water partition coefficient (Wildman–Crippen LogP) is 4.12. The smallest absolute Gasteiger partial charge is 0.327 e. The Balaban J connectivity index is 1.70. The van der Waals surface area contributed by atoms with Gasteiger partial charge in [0.25, 0.3) is 0 Å². The molecule has 0 bridgehead atoms. The molecule has 2 aliphatic rings. The van der Waals surface area contributed by atoms with E-state index < -0.39 is 23.2 Å². The quantitative estimate of drug-likeness (QED) is 0.365. The third-order valence-electron chi connectivity index (χ3n) is 5.80. The maximum absolute atomic E-state index is 13.6. The van der Waals surface area contributed by atoms with Crippen molar-refractivity contribution in [1.82, 2.24) is 0 Å². The number of esters is 1. The number of rotatable bonds is 3. The first-order valence-electron chi connectivity index (χ1n) is 9.53. The Morgan fingerprint density at radius 2 is 1.63 bits per heavy atom. The second-order valence-corrected chi connectivity index (χ2v) is 7.80. The minimum absolute atomic E-state index is 0.107. The molecule has 5 rings (SSSR count). The van der Waals surface area contributed by atoms with E-state index in [1.807, 2.05) is 6.07 Å². The Labute approximate surface area is 177 Å². The summed E-state index contributed by atoms with van der Waals surface area (Å²) in [6.07, 6.45) is -0.107. The summed E-state index contributed by atoms with van der Waals surface area (Å²) in [6.45, 7) is 0. The number of carbonyl (C=O) groups excluding carboxylic acids is 3. The van der Waals surface area contributed by atoms with Gasteiger partial charge in [0.05, 0.1) is 11.6 Å². The number of nitrogens with zero attached hydrogens (tertiary/aromatic N) is 1. The lowest BCUT2D eigenvalue weighted by atomic mass is 9.66. The average molecular weight is 418 g/mol. The van der Waals surface area contributed by atoms with E-state index in [2.05, 4.69) is 0 Å². The number of carbonyl (C=O) groups is 3. The lowest BCUT2D eigenvalue weighted by Gasteiger charge is -2.31. The van der Waals surface area contributed by atoms with Gasteiger partial charge in [0.1, 0.15) is 11.2 Å². The molecule has 0 radical (unpaired) electrons. The van der Waals surface area contributed by atoms with E-state index in [4.69, 9.17) is 16.3 Å². The Morgan fingerprint density at radius 3 is 2.40 bits per heavy atom. The summed E-state index contributed by atoms with van der Waals surface area (Å²) < 4.78 is 5.59. The third-order valence-corrected chi connectivity index (χ3v) is 6.04. The highest BCUT2D eigenvalue weighted by Crippen LogP contribution is 2.52. The van der Waals surface area contributed by atoms with Gasteiger partial charge in [0, 0.05) is 17.0 Å². The molecule has 5 nitrogen and oxygen atoms in total. The molecule has 0 aliphatic carbocycles. The molecule has 2 atom stereocenters. The third kappa shape index (κ3) is 2.52. The predicted molar refractivity (Wildman–Crippen MR) is 111 cm³/mol. The van der Waals surface area contributed by atoms with Crippen LogP contribution in [-0.4, -0.2) is 17.8 Å². The van der Waals surface area contributed by atoms with Crippen LogP contribution in [-0.2, 0) is 19.8 Å². The van der Waals surface area contributed by atoms with Crippen LogP contribution in [0.4, 0.5) is 5.69 Å². The van der Waals surface area contributed by atoms with Crippen molar-refractivity contribution in [1.29, 1.82) is 0 Å². The molecule has 0 N–H and O–H groups in total. The first-order chi connectivity index (χ1) is 14.5. The van der Waals surface area contributed by atoms with Gasteiger partial charge in [0.15, 0.2) is 0 Å². The molecule has 2 amide bonds. The molecule has 0 aromatic heterocycles. The van der Waals surface area contributed by atoms with E-state index in [1.165, 1.54) is 0 Å². The minimum atomic E-state index is -1.39. The molecule has 0 spiro atoms. The van der Waals surface area contributed by atoms with Crippen LogP contribution in [0.5, 0.6) is 5.75 Å². The number of halogens is 1. The van der Waals surface area contributed by atoms with E-state index >= 15 is 0 Å². The number of amides is 2. The second-order valence-electron chi connectivity index (χ2n) is 7.36.